The van der Waals surface area contributed by atoms with Crippen LogP contribution in [-0.2, 0) is 19.1 Å². The molecule has 1 atom stereocenters. The molecule has 3 rings (SSSR count). The molecule has 0 radical (unpaired) electrons. The number of ether oxygens (including phenoxy) is 2. The van der Waals surface area contributed by atoms with Gasteiger partial charge in [0.15, 0.2) is 0 Å². The van der Waals surface area contributed by atoms with Gasteiger partial charge in [-0.1, -0.05) is 0 Å². The van der Waals surface area contributed by atoms with Gasteiger partial charge in [0.05, 0.1) is 37.7 Å². The zero-order chi connectivity index (χ0) is 21.0. The monoisotopic (exact) mass is 407 g/mol. The van der Waals surface area contributed by atoms with Crippen LogP contribution in [0.4, 0.5) is 20.6 Å². The van der Waals surface area contributed by atoms with Crippen LogP contribution in [0.25, 0.3) is 0 Å². The number of rotatable bonds is 7. The Labute approximate surface area is 169 Å². The summed E-state index contributed by atoms with van der Waals surface area (Å²) in [7, 11) is 0. The number of halogens is 1. The average Bonchev–Trinajstić information content (AvgIpc) is 3.05. The maximum atomic E-state index is 14.7. The molecule has 2 aliphatic heterocycles. The standard InChI is InChI=1S/C20H26FN3O5/c1-14(25)5-6-23(15(2)26)12-17-13-24(20(27)29-17)16-3-4-19(18(21)11-16)22-7-9-28-10-8-22/h3-4,11,17H,5-10,12-13H2,1-2H3/t17-/m0/s1. The first-order valence-electron chi connectivity index (χ1n) is 9.70. The third-order valence-corrected chi connectivity index (χ3v) is 5.07. The number of amides is 2. The number of morpholine rings is 1. The molecule has 2 heterocycles. The molecule has 1 aromatic carbocycles. The molecule has 9 heteroatoms. The first-order chi connectivity index (χ1) is 13.8. The van der Waals surface area contributed by atoms with Crippen molar-refractivity contribution in [1.29, 1.82) is 0 Å². The van der Waals surface area contributed by atoms with Crippen molar-refractivity contribution in [3.8, 4) is 0 Å². The number of benzene rings is 1. The number of Topliss-reactive ketones (excluding diaryl/α,β-unsaturated/α-hetero) is 1. The zero-order valence-corrected chi connectivity index (χ0v) is 16.7. The van der Waals surface area contributed by atoms with Crippen molar-refractivity contribution < 1.29 is 28.2 Å². The SMILES string of the molecule is CC(=O)CCN(C[C@H]1CN(c2ccc(N3CCOCC3)c(F)c2)C(=O)O1)C(C)=O. The third-order valence-electron chi connectivity index (χ3n) is 5.07. The topological polar surface area (TPSA) is 79.4 Å². The minimum Gasteiger partial charge on any atom is -0.442 e. The van der Waals surface area contributed by atoms with Gasteiger partial charge in [0.25, 0.3) is 0 Å². The molecule has 0 spiro atoms. The van der Waals surface area contributed by atoms with E-state index in [1.54, 1.807) is 12.1 Å². The Kier molecular flexibility index (Phi) is 6.68. The first kappa shape index (κ1) is 21.0. The Balaban J connectivity index is 1.65. The highest BCUT2D eigenvalue weighted by Crippen LogP contribution is 2.28. The van der Waals surface area contributed by atoms with Gasteiger partial charge < -0.3 is 19.3 Å². The number of carbonyl (C=O) groups excluding carboxylic acids is 3. The lowest BCUT2D eigenvalue weighted by molar-refractivity contribution is -0.130. The molecule has 29 heavy (non-hydrogen) atoms. The Morgan fingerprint density at radius 3 is 2.59 bits per heavy atom. The second-order valence-corrected chi connectivity index (χ2v) is 7.27. The van der Waals surface area contributed by atoms with Crippen molar-refractivity contribution >= 4 is 29.2 Å². The predicted octanol–water partition coefficient (Wildman–Crippen LogP) is 1.82. The minimum absolute atomic E-state index is 0.0165. The maximum Gasteiger partial charge on any atom is 0.414 e. The molecule has 2 fully saturated rings. The Morgan fingerprint density at radius 2 is 1.97 bits per heavy atom. The quantitative estimate of drug-likeness (QED) is 0.686. The summed E-state index contributed by atoms with van der Waals surface area (Å²) in [4.78, 5) is 40.1. The molecular weight excluding hydrogens is 381 g/mol. The molecule has 0 unspecified atom stereocenters. The van der Waals surface area contributed by atoms with Crippen molar-refractivity contribution in [2.75, 3.05) is 55.7 Å². The predicted molar refractivity (Wildman–Crippen MR) is 105 cm³/mol. The van der Waals surface area contributed by atoms with E-state index in [-0.39, 0.29) is 37.7 Å². The molecule has 0 N–H and O–H groups in total. The van der Waals surface area contributed by atoms with E-state index in [9.17, 15) is 18.8 Å². The van der Waals surface area contributed by atoms with Gasteiger partial charge >= 0.3 is 6.09 Å². The smallest absolute Gasteiger partial charge is 0.414 e. The number of hydrogen-bond donors (Lipinski definition) is 0. The van der Waals surface area contributed by atoms with Crippen LogP contribution in [0.2, 0.25) is 0 Å². The molecule has 158 valence electrons. The molecule has 2 amide bonds. The summed E-state index contributed by atoms with van der Waals surface area (Å²) in [6.07, 6.45) is -0.873. The summed E-state index contributed by atoms with van der Waals surface area (Å²) in [5.41, 5.74) is 0.887. The number of nitrogens with zero attached hydrogens (tertiary/aromatic N) is 3. The van der Waals surface area contributed by atoms with E-state index < -0.39 is 18.0 Å². The number of cyclic esters (lactones) is 1. The van der Waals surface area contributed by atoms with E-state index in [0.29, 0.717) is 37.7 Å². The van der Waals surface area contributed by atoms with Crippen molar-refractivity contribution in [2.45, 2.75) is 26.4 Å². The largest absolute Gasteiger partial charge is 0.442 e. The lowest BCUT2D eigenvalue weighted by atomic mass is 10.2. The summed E-state index contributed by atoms with van der Waals surface area (Å²) in [6, 6.07) is 4.67. The Morgan fingerprint density at radius 1 is 1.24 bits per heavy atom. The van der Waals surface area contributed by atoms with Gasteiger partial charge in [0, 0.05) is 33.0 Å². The van der Waals surface area contributed by atoms with Crippen LogP contribution in [0.15, 0.2) is 18.2 Å². The van der Waals surface area contributed by atoms with Crippen LogP contribution in [-0.4, -0.2) is 74.7 Å². The highest BCUT2D eigenvalue weighted by molar-refractivity contribution is 5.90. The molecule has 2 aliphatic rings. The fraction of sp³-hybridized carbons (Fsp3) is 0.550. The minimum atomic E-state index is -0.580. The van der Waals surface area contributed by atoms with Crippen molar-refractivity contribution in [1.82, 2.24) is 4.90 Å². The summed E-state index contributed by atoms with van der Waals surface area (Å²) >= 11 is 0. The fourth-order valence-corrected chi connectivity index (χ4v) is 3.47. The Hall–Kier alpha value is -2.68. The molecule has 0 aliphatic carbocycles. The highest BCUT2D eigenvalue weighted by atomic mass is 19.1. The molecule has 0 saturated carbocycles. The summed E-state index contributed by atoms with van der Waals surface area (Å²) < 4.78 is 25.3. The fourth-order valence-electron chi connectivity index (χ4n) is 3.47. The van der Waals surface area contributed by atoms with Gasteiger partial charge in [-0.25, -0.2) is 9.18 Å². The molecule has 0 bridgehead atoms. The van der Waals surface area contributed by atoms with Crippen LogP contribution < -0.4 is 9.80 Å². The zero-order valence-electron chi connectivity index (χ0n) is 16.7. The number of carbonyl (C=O) groups is 3. The van der Waals surface area contributed by atoms with E-state index in [0.717, 1.165) is 0 Å². The van der Waals surface area contributed by atoms with Crippen molar-refractivity contribution in [2.24, 2.45) is 0 Å². The normalized spacial score (nSPS) is 19.3. The lowest BCUT2D eigenvalue weighted by Crippen LogP contribution is -2.39. The van der Waals surface area contributed by atoms with Crippen molar-refractivity contribution in [3.63, 3.8) is 0 Å². The second kappa shape index (κ2) is 9.21. The van der Waals surface area contributed by atoms with Crippen LogP contribution in [0.1, 0.15) is 20.3 Å². The highest BCUT2D eigenvalue weighted by Gasteiger charge is 2.34. The van der Waals surface area contributed by atoms with Gasteiger partial charge in [-0.2, -0.15) is 0 Å². The second-order valence-electron chi connectivity index (χ2n) is 7.27. The number of hydrogen-bond acceptors (Lipinski definition) is 6. The molecular formula is C20H26FN3O5. The van der Waals surface area contributed by atoms with E-state index in [1.165, 1.54) is 29.7 Å². The van der Waals surface area contributed by atoms with E-state index in [4.69, 9.17) is 9.47 Å². The average molecular weight is 407 g/mol. The summed E-state index contributed by atoms with van der Waals surface area (Å²) in [5, 5.41) is 0. The molecule has 8 nitrogen and oxygen atoms in total. The van der Waals surface area contributed by atoms with E-state index in [1.807, 2.05) is 4.90 Å². The van der Waals surface area contributed by atoms with Gasteiger partial charge in [0.1, 0.15) is 17.7 Å². The maximum absolute atomic E-state index is 14.7. The van der Waals surface area contributed by atoms with Crippen LogP contribution in [0, 0.1) is 5.82 Å². The van der Waals surface area contributed by atoms with Crippen molar-refractivity contribution in [3.05, 3.63) is 24.0 Å². The summed E-state index contributed by atoms with van der Waals surface area (Å²) in [5.74, 6) is -0.619. The number of anilines is 2. The lowest BCUT2D eigenvalue weighted by Gasteiger charge is -2.29. The molecule has 2 saturated heterocycles. The summed E-state index contributed by atoms with van der Waals surface area (Å²) in [6.45, 7) is 5.89. The number of ketones is 1. The molecule has 1 aromatic rings. The van der Waals surface area contributed by atoms with Gasteiger partial charge in [-0.15, -0.1) is 0 Å². The van der Waals surface area contributed by atoms with Gasteiger partial charge in [0.2, 0.25) is 5.91 Å². The third kappa shape index (κ3) is 5.23. The van der Waals surface area contributed by atoms with Crippen LogP contribution in [0.5, 0.6) is 0 Å². The molecule has 0 aromatic heterocycles. The Bertz CT molecular complexity index is 781. The van der Waals surface area contributed by atoms with E-state index in [2.05, 4.69) is 0 Å². The van der Waals surface area contributed by atoms with Crippen LogP contribution >= 0.6 is 0 Å². The first-order valence-corrected chi connectivity index (χ1v) is 9.70. The van der Waals surface area contributed by atoms with Gasteiger partial charge in [-0.05, 0) is 25.1 Å². The van der Waals surface area contributed by atoms with Crippen LogP contribution in [0.3, 0.4) is 0 Å². The van der Waals surface area contributed by atoms with E-state index >= 15 is 0 Å². The van der Waals surface area contributed by atoms with Gasteiger partial charge in [-0.3, -0.25) is 14.5 Å².